The molecule has 1 aromatic heterocycles. The van der Waals surface area contributed by atoms with E-state index in [9.17, 15) is 0 Å². The van der Waals surface area contributed by atoms with Crippen molar-refractivity contribution in [3.63, 3.8) is 0 Å². The van der Waals surface area contributed by atoms with Crippen LogP contribution in [0.25, 0.3) is 33.7 Å². The monoisotopic (exact) mass is 444 g/mol. The van der Waals surface area contributed by atoms with Crippen LogP contribution < -0.4 is 4.57 Å². The number of pyridine rings is 1. The average Bonchev–Trinajstić information content (AvgIpc) is 2.85. The first-order chi connectivity index (χ1) is 15.7. The Bertz CT molecular complexity index is 1150. The smallest absolute Gasteiger partial charge is 0.377 e. The average molecular weight is 445 g/mol. The van der Waals surface area contributed by atoms with Gasteiger partial charge in [0.05, 0.1) is 0 Å². The summed E-state index contributed by atoms with van der Waals surface area (Å²) >= 11 is 0. The molecule has 0 amide bonds. The second-order valence-corrected chi connectivity index (χ2v) is 10.9. The second kappa shape index (κ2) is 10.2. The van der Waals surface area contributed by atoms with E-state index in [0.717, 1.165) is 19.0 Å². The summed E-state index contributed by atoms with van der Waals surface area (Å²) in [5.74, 6) is 0. The maximum atomic E-state index is 5.50. The molecular formula is C27H30NO3Si+. The third kappa shape index (κ3) is 4.81. The minimum Gasteiger partial charge on any atom is -0.377 e. The lowest BCUT2D eigenvalue weighted by Crippen LogP contribution is -2.44. The minimum absolute atomic E-state index is 0.791. The molecule has 0 fully saturated rings. The van der Waals surface area contributed by atoms with Crippen LogP contribution >= 0.6 is 0 Å². The lowest BCUT2D eigenvalue weighted by molar-refractivity contribution is -0.697. The van der Waals surface area contributed by atoms with Gasteiger partial charge >= 0.3 is 8.80 Å². The van der Waals surface area contributed by atoms with Crippen LogP contribution in [0.2, 0.25) is 6.04 Å². The van der Waals surface area contributed by atoms with E-state index in [1.807, 2.05) is 0 Å². The lowest BCUT2D eigenvalue weighted by Gasteiger charge is -2.23. The summed E-state index contributed by atoms with van der Waals surface area (Å²) in [5.41, 5.74) is 2.43. The molecule has 0 radical (unpaired) electrons. The fourth-order valence-electron chi connectivity index (χ4n) is 4.17. The van der Waals surface area contributed by atoms with Crippen LogP contribution in [-0.2, 0) is 19.8 Å². The van der Waals surface area contributed by atoms with Crippen molar-refractivity contribution in [2.24, 2.45) is 0 Å². The highest BCUT2D eigenvalue weighted by Gasteiger charge is 2.37. The number of hydrogen-bond donors (Lipinski definition) is 0. The van der Waals surface area contributed by atoms with E-state index in [1.165, 1.54) is 32.7 Å². The SMILES string of the molecule is CO[Si](CCC[n+]1ccc(/C=C/c2c3ccccc3cc3ccccc23)cc1)(OC)OC. The van der Waals surface area contributed by atoms with Crippen LogP contribution in [-0.4, -0.2) is 30.1 Å². The Hall–Kier alpha value is -2.83. The van der Waals surface area contributed by atoms with Crippen LogP contribution in [0.1, 0.15) is 17.5 Å². The Morgan fingerprint density at radius 2 is 1.31 bits per heavy atom. The number of hydrogen-bond acceptors (Lipinski definition) is 3. The first-order valence-corrected chi connectivity index (χ1v) is 12.8. The fraction of sp³-hybridized carbons (Fsp3) is 0.222. The van der Waals surface area contributed by atoms with Gasteiger partial charge in [0.2, 0.25) is 0 Å². The zero-order valence-electron chi connectivity index (χ0n) is 19.0. The number of nitrogens with zero attached hydrogens (tertiary/aromatic N) is 1. The van der Waals surface area contributed by atoms with Gasteiger partial charge < -0.3 is 13.3 Å². The molecule has 0 saturated heterocycles. The van der Waals surface area contributed by atoms with Crippen LogP contribution in [0.15, 0.2) is 79.1 Å². The molecule has 0 aliphatic heterocycles. The van der Waals surface area contributed by atoms with Gasteiger partial charge in [-0.1, -0.05) is 60.7 Å². The van der Waals surface area contributed by atoms with Gasteiger partial charge in [0, 0.05) is 45.9 Å². The summed E-state index contributed by atoms with van der Waals surface area (Å²) in [6.07, 6.45) is 9.61. The van der Waals surface area contributed by atoms with Crippen molar-refractivity contribution in [2.45, 2.75) is 19.0 Å². The second-order valence-electron chi connectivity index (χ2n) is 7.83. The van der Waals surface area contributed by atoms with Crippen molar-refractivity contribution >= 4 is 42.5 Å². The molecule has 4 nitrogen and oxygen atoms in total. The van der Waals surface area contributed by atoms with Gasteiger partial charge in [-0.2, -0.15) is 0 Å². The van der Waals surface area contributed by atoms with Crippen LogP contribution in [0, 0.1) is 0 Å². The number of aromatic nitrogens is 1. The van der Waals surface area contributed by atoms with Gasteiger partial charge in [0.25, 0.3) is 0 Å². The van der Waals surface area contributed by atoms with E-state index in [2.05, 4.69) is 95.8 Å². The maximum absolute atomic E-state index is 5.50. The molecule has 32 heavy (non-hydrogen) atoms. The Kier molecular flexibility index (Phi) is 7.12. The Balaban J connectivity index is 1.51. The Labute approximate surface area is 191 Å². The van der Waals surface area contributed by atoms with E-state index in [-0.39, 0.29) is 0 Å². The third-order valence-electron chi connectivity index (χ3n) is 6.00. The lowest BCUT2D eigenvalue weighted by atomic mass is 9.96. The van der Waals surface area contributed by atoms with Crippen LogP contribution in [0.4, 0.5) is 0 Å². The van der Waals surface area contributed by atoms with Crippen LogP contribution in [0.3, 0.4) is 0 Å². The van der Waals surface area contributed by atoms with E-state index < -0.39 is 8.80 Å². The topological polar surface area (TPSA) is 31.6 Å². The van der Waals surface area contributed by atoms with Crippen molar-refractivity contribution in [3.8, 4) is 0 Å². The van der Waals surface area contributed by atoms with Gasteiger partial charge in [-0.05, 0) is 38.7 Å². The number of fused-ring (bicyclic) bond motifs is 2. The first kappa shape index (κ1) is 22.4. The molecule has 0 bridgehead atoms. The first-order valence-electron chi connectivity index (χ1n) is 10.9. The standard InChI is InChI=1S/C27H30NO3Si/c1-29-32(30-2,31-3)20-8-17-28-18-15-22(16-19-28)13-14-27-25-11-6-4-9-23(25)21-24-10-5-7-12-26(24)27/h4-7,9-16,18-19,21H,8,17,20H2,1-3H3/q+1/b14-13+. The normalized spacial score (nSPS) is 12.2. The van der Waals surface area contributed by atoms with Gasteiger partial charge in [0.1, 0.15) is 6.54 Å². The van der Waals surface area contributed by atoms with Gasteiger partial charge in [0.15, 0.2) is 12.4 Å². The minimum atomic E-state index is -2.50. The van der Waals surface area contributed by atoms with E-state index >= 15 is 0 Å². The molecule has 1 heterocycles. The number of rotatable bonds is 9. The van der Waals surface area contributed by atoms with Gasteiger partial charge in [-0.3, -0.25) is 0 Å². The molecule has 4 rings (SSSR count). The molecule has 0 N–H and O–H groups in total. The molecule has 3 aromatic carbocycles. The highest BCUT2D eigenvalue weighted by atomic mass is 28.4. The van der Waals surface area contributed by atoms with Crippen molar-refractivity contribution in [2.75, 3.05) is 21.3 Å². The molecule has 5 heteroatoms. The summed E-state index contributed by atoms with van der Waals surface area (Å²) in [5, 5.41) is 5.07. The molecular weight excluding hydrogens is 414 g/mol. The predicted octanol–water partition coefficient (Wildman–Crippen LogP) is 5.72. The molecule has 0 aliphatic rings. The molecule has 0 unspecified atom stereocenters. The molecule has 0 aliphatic carbocycles. The van der Waals surface area contributed by atoms with E-state index in [1.54, 1.807) is 21.3 Å². The number of benzene rings is 3. The predicted molar refractivity (Wildman–Crippen MR) is 133 cm³/mol. The van der Waals surface area contributed by atoms with E-state index in [4.69, 9.17) is 13.3 Å². The quantitative estimate of drug-likeness (QED) is 0.188. The van der Waals surface area contributed by atoms with Crippen molar-refractivity contribution in [1.29, 1.82) is 0 Å². The van der Waals surface area contributed by atoms with Gasteiger partial charge in [-0.25, -0.2) is 4.57 Å². The van der Waals surface area contributed by atoms with Gasteiger partial charge in [-0.15, -0.1) is 0 Å². The third-order valence-corrected chi connectivity index (χ3v) is 8.84. The summed E-state index contributed by atoms with van der Waals surface area (Å²) in [7, 11) is 2.48. The largest absolute Gasteiger partial charge is 0.500 e. The summed E-state index contributed by atoms with van der Waals surface area (Å²) in [6.45, 7) is 0.892. The van der Waals surface area contributed by atoms with Crippen molar-refractivity contribution < 1.29 is 17.8 Å². The maximum Gasteiger partial charge on any atom is 0.500 e. The Morgan fingerprint density at radius 3 is 1.88 bits per heavy atom. The van der Waals surface area contributed by atoms with Crippen LogP contribution in [0.5, 0.6) is 0 Å². The molecule has 0 saturated carbocycles. The molecule has 4 aromatic rings. The highest BCUT2D eigenvalue weighted by molar-refractivity contribution is 6.60. The summed E-state index contributed by atoms with van der Waals surface area (Å²) < 4.78 is 18.7. The zero-order chi connectivity index (χ0) is 22.4. The molecule has 164 valence electrons. The summed E-state index contributed by atoms with van der Waals surface area (Å²) in [4.78, 5) is 0. The van der Waals surface area contributed by atoms with E-state index in [0.29, 0.717) is 0 Å². The van der Waals surface area contributed by atoms with Crippen molar-refractivity contribution in [3.05, 3.63) is 90.3 Å². The molecule has 0 atom stereocenters. The molecule has 0 spiro atoms. The number of aryl methyl sites for hydroxylation is 1. The Morgan fingerprint density at radius 1 is 0.750 bits per heavy atom. The fourth-order valence-corrected chi connectivity index (χ4v) is 5.87. The van der Waals surface area contributed by atoms with Crippen molar-refractivity contribution in [1.82, 2.24) is 0 Å². The summed E-state index contributed by atoms with van der Waals surface area (Å²) in [6, 6.07) is 24.5. The highest BCUT2D eigenvalue weighted by Crippen LogP contribution is 2.30. The zero-order valence-corrected chi connectivity index (χ0v) is 20.0.